The minimum Gasteiger partial charge on any atom is -0.366 e. The van der Waals surface area contributed by atoms with Gasteiger partial charge in [0.15, 0.2) is 15.5 Å². The molecule has 2 heterocycles. The smallest absolute Gasteiger partial charge is 0.164 e. The van der Waals surface area contributed by atoms with E-state index in [1.807, 2.05) is 18.5 Å². The molecule has 2 aromatic heterocycles. The third kappa shape index (κ3) is 3.99. The summed E-state index contributed by atoms with van der Waals surface area (Å²) >= 11 is 0. The van der Waals surface area contributed by atoms with E-state index in [9.17, 15) is 8.42 Å². The molecule has 8 heteroatoms. The summed E-state index contributed by atoms with van der Waals surface area (Å²) in [7, 11) is -3.05. The Kier molecular flexibility index (Phi) is 4.66. The highest BCUT2D eigenvalue weighted by Crippen LogP contribution is 2.25. The first-order chi connectivity index (χ1) is 10.5. The monoisotopic (exact) mass is 339 g/mol. The molecule has 2 aromatic rings. The Hall–Kier alpha value is -1.70. The Labute approximate surface area is 137 Å². The zero-order valence-corrected chi connectivity index (χ0v) is 15.4. The van der Waals surface area contributed by atoms with Gasteiger partial charge in [-0.05, 0) is 34.6 Å². The van der Waals surface area contributed by atoms with Crippen molar-refractivity contribution in [3.05, 3.63) is 12.0 Å². The quantitative estimate of drug-likeness (QED) is 0.897. The van der Waals surface area contributed by atoms with Crippen molar-refractivity contribution in [3.8, 4) is 0 Å². The second-order valence-corrected chi connectivity index (χ2v) is 9.23. The summed E-state index contributed by atoms with van der Waals surface area (Å²) in [6.45, 7) is 11.5. The number of nitrogens with zero attached hydrogens (tertiary/aromatic N) is 4. The van der Waals surface area contributed by atoms with Gasteiger partial charge in [-0.25, -0.2) is 23.1 Å². The fourth-order valence-corrected chi connectivity index (χ4v) is 3.47. The van der Waals surface area contributed by atoms with Gasteiger partial charge in [0.2, 0.25) is 0 Å². The second-order valence-electron chi connectivity index (χ2n) is 6.83. The van der Waals surface area contributed by atoms with Crippen molar-refractivity contribution in [3.63, 3.8) is 0 Å². The van der Waals surface area contributed by atoms with Gasteiger partial charge in [0.1, 0.15) is 11.6 Å². The minimum atomic E-state index is -3.05. The molecule has 0 amide bonds. The molecule has 1 atom stereocenters. The summed E-state index contributed by atoms with van der Waals surface area (Å²) in [5.41, 5.74) is 0.551. The summed E-state index contributed by atoms with van der Waals surface area (Å²) in [5.74, 6) is 1.46. The maximum atomic E-state index is 11.8. The first-order valence-corrected chi connectivity index (χ1v) is 9.55. The lowest BCUT2D eigenvalue weighted by Crippen LogP contribution is -2.27. The van der Waals surface area contributed by atoms with Gasteiger partial charge in [-0.1, -0.05) is 6.92 Å². The highest BCUT2D eigenvalue weighted by atomic mass is 32.2. The first-order valence-electron chi connectivity index (χ1n) is 7.73. The molecule has 2 rings (SSSR count). The van der Waals surface area contributed by atoms with Gasteiger partial charge >= 0.3 is 0 Å². The number of aryl methyl sites for hydroxylation is 1. The normalized spacial score (nSPS) is 14.2. The topological polar surface area (TPSA) is 89.8 Å². The Balaban J connectivity index is 2.40. The summed E-state index contributed by atoms with van der Waals surface area (Å²) in [4.78, 5) is 8.91. The van der Waals surface area contributed by atoms with Gasteiger partial charge in [-0.15, -0.1) is 0 Å². The highest BCUT2D eigenvalue weighted by Gasteiger charge is 2.21. The fourth-order valence-electron chi connectivity index (χ4n) is 2.39. The average molecular weight is 339 g/mol. The van der Waals surface area contributed by atoms with Gasteiger partial charge in [0, 0.05) is 11.8 Å². The van der Waals surface area contributed by atoms with Crippen LogP contribution in [0.25, 0.3) is 11.0 Å². The number of rotatable bonds is 5. The van der Waals surface area contributed by atoms with E-state index in [4.69, 9.17) is 0 Å². The molecule has 0 aliphatic heterocycles. The van der Waals surface area contributed by atoms with E-state index in [1.165, 1.54) is 0 Å². The van der Waals surface area contributed by atoms with Gasteiger partial charge < -0.3 is 5.32 Å². The maximum Gasteiger partial charge on any atom is 0.164 e. The van der Waals surface area contributed by atoms with Crippen LogP contribution < -0.4 is 5.32 Å². The molecule has 7 nitrogen and oxygen atoms in total. The van der Waals surface area contributed by atoms with Crippen LogP contribution in [0.3, 0.4) is 0 Å². The number of nitrogens with one attached hydrogen (secondary N) is 1. The zero-order chi connectivity index (χ0) is 17.4. The van der Waals surface area contributed by atoms with Crippen LogP contribution >= 0.6 is 0 Å². The van der Waals surface area contributed by atoms with Crippen molar-refractivity contribution in [1.82, 2.24) is 19.7 Å². The Morgan fingerprint density at radius 3 is 2.52 bits per heavy atom. The zero-order valence-electron chi connectivity index (χ0n) is 14.6. The van der Waals surface area contributed by atoms with Crippen molar-refractivity contribution < 1.29 is 8.42 Å². The molecule has 0 saturated heterocycles. The van der Waals surface area contributed by atoms with Gasteiger partial charge in [0.25, 0.3) is 0 Å². The van der Waals surface area contributed by atoms with Gasteiger partial charge in [-0.3, -0.25) is 0 Å². The standard InChI is InChI=1S/C15H25N5O2S/c1-7-23(21,22)9-10(2)17-13-12-8-16-20(15(4,5)6)14(12)19-11(3)18-13/h8,10H,7,9H2,1-6H3,(H,17,18,19)/t10-/m1/s1. The molecule has 0 aliphatic carbocycles. The lowest BCUT2D eigenvalue weighted by atomic mass is 10.1. The molecule has 0 bridgehead atoms. The molecule has 0 unspecified atom stereocenters. The molecule has 0 aliphatic rings. The third-order valence-electron chi connectivity index (χ3n) is 3.50. The summed E-state index contributed by atoms with van der Waals surface area (Å²) < 4.78 is 25.4. The highest BCUT2D eigenvalue weighted by molar-refractivity contribution is 7.91. The molecule has 23 heavy (non-hydrogen) atoms. The average Bonchev–Trinajstić information content (AvgIpc) is 2.81. The molecule has 0 aromatic carbocycles. The molecule has 1 N–H and O–H groups in total. The van der Waals surface area contributed by atoms with E-state index < -0.39 is 9.84 Å². The van der Waals surface area contributed by atoms with Crippen LogP contribution in [0.4, 0.5) is 5.82 Å². The SMILES string of the molecule is CCS(=O)(=O)C[C@@H](C)Nc1nc(C)nc2c1cnn2C(C)(C)C. The van der Waals surface area contributed by atoms with E-state index in [0.29, 0.717) is 11.6 Å². The van der Waals surface area contributed by atoms with Crippen molar-refractivity contribution in [2.45, 2.75) is 53.1 Å². The van der Waals surface area contributed by atoms with Gasteiger partial charge in [-0.2, -0.15) is 5.10 Å². The van der Waals surface area contributed by atoms with Crippen molar-refractivity contribution in [2.24, 2.45) is 0 Å². The van der Waals surface area contributed by atoms with Crippen LogP contribution in [0, 0.1) is 6.92 Å². The van der Waals surface area contributed by atoms with Crippen LogP contribution in [-0.2, 0) is 15.4 Å². The van der Waals surface area contributed by atoms with Crippen LogP contribution in [0.5, 0.6) is 0 Å². The van der Waals surface area contributed by atoms with Crippen molar-refractivity contribution in [2.75, 3.05) is 16.8 Å². The number of aromatic nitrogens is 4. The molecular weight excluding hydrogens is 314 g/mol. The van der Waals surface area contributed by atoms with Crippen LogP contribution in [0.15, 0.2) is 6.20 Å². The third-order valence-corrected chi connectivity index (χ3v) is 5.39. The van der Waals surface area contributed by atoms with Crippen LogP contribution in [0.2, 0.25) is 0 Å². The Bertz CT molecular complexity index is 805. The van der Waals surface area contributed by atoms with E-state index in [0.717, 1.165) is 11.0 Å². The number of anilines is 1. The fraction of sp³-hybridized carbons (Fsp3) is 0.667. The predicted molar refractivity (Wildman–Crippen MR) is 92.5 cm³/mol. The summed E-state index contributed by atoms with van der Waals surface area (Å²) in [6.07, 6.45) is 1.73. The lowest BCUT2D eigenvalue weighted by Gasteiger charge is -2.20. The van der Waals surface area contributed by atoms with E-state index >= 15 is 0 Å². The Morgan fingerprint density at radius 2 is 1.96 bits per heavy atom. The number of hydrogen-bond acceptors (Lipinski definition) is 6. The number of sulfone groups is 1. The minimum absolute atomic E-state index is 0.0709. The van der Waals surface area contributed by atoms with Gasteiger partial charge in [0.05, 0.1) is 22.9 Å². The molecule has 0 saturated carbocycles. The van der Waals surface area contributed by atoms with E-state index in [2.05, 4.69) is 41.2 Å². The van der Waals surface area contributed by atoms with E-state index in [-0.39, 0.29) is 23.1 Å². The molecule has 128 valence electrons. The first kappa shape index (κ1) is 17.7. The molecular formula is C15H25N5O2S. The largest absolute Gasteiger partial charge is 0.366 e. The Morgan fingerprint density at radius 1 is 1.30 bits per heavy atom. The van der Waals surface area contributed by atoms with E-state index in [1.54, 1.807) is 13.1 Å². The van der Waals surface area contributed by atoms with Crippen LogP contribution in [0.1, 0.15) is 40.4 Å². The summed E-state index contributed by atoms with van der Waals surface area (Å²) in [5, 5.41) is 8.42. The van der Waals surface area contributed by atoms with Crippen LogP contribution in [-0.4, -0.2) is 45.7 Å². The molecule has 0 fully saturated rings. The maximum absolute atomic E-state index is 11.8. The summed E-state index contributed by atoms with van der Waals surface area (Å²) in [6, 6.07) is -0.240. The molecule has 0 spiro atoms. The molecule has 0 radical (unpaired) electrons. The second kappa shape index (κ2) is 6.07. The predicted octanol–water partition coefficient (Wildman–Crippen LogP) is 2.12. The number of fused-ring (bicyclic) bond motifs is 1. The van der Waals surface area contributed by atoms with Crippen molar-refractivity contribution in [1.29, 1.82) is 0 Å². The van der Waals surface area contributed by atoms with Crippen molar-refractivity contribution >= 4 is 26.7 Å². The number of hydrogen-bond donors (Lipinski definition) is 1. The lowest BCUT2D eigenvalue weighted by molar-refractivity contribution is 0.365.